The van der Waals surface area contributed by atoms with Gasteiger partial charge in [-0.2, -0.15) is 4.98 Å². The molecule has 2 aromatic rings. The first kappa shape index (κ1) is 17.3. The molecule has 0 radical (unpaired) electrons. The first-order valence-electron chi connectivity index (χ1n) is 8.08. The molecule has 1 saturated heterocycles. The number of piperazine rings is 1. The molecule has 0 bridgehead atoms. The van der Waals surface area contributed by atoms with Gasteiger partial charge in [0, 0.05) is 37.7 Å². The Bertz CT molecular complexity index is 935. The van der Waals surface area contributed by atoms with Crippen molar-refractivity contribution in [1.29, 1.82) is 0 Å². The smallest absolute Gasteiger partial charge is 0.359 e. The van der Waals surface area contributed by atoms with Gasteiger partial charge in [0.05, 0.1) is 45.4 Å². The Balaban J connectivity index is 2.10. The van der Waals surface area contributed by atoms with Crippen LogP contribution in [-0.4, -0.2) is 52.0 Å². The highest BCUT2D eigenvalue weighted by Gasteiger charge is 2.33. The van der Waals surface area contributed by atoms with Crippen LogP contribution in [0.5, 0.6) is 5.75 Å². The zero-order valence-electron chi connectivity index (χ0n) is 13.9. The molecule has 2 aliphatic rings. The van der Waals surface area contributed by atoms with Crippen LogP contribution in [0.2, 0.25) is 5.02 Å². The Morgan fingerprint density at radius 2 is 2.16 bits per heavy atom. The summed E-state index contributed by atoms with van der Waals surface area (Å²) >= 11 is 8.27. The molecule has 1 atom stereocenters. The first-order valence-corrected chi connectivity index (χ1v) is 9.43. The van der Waals surface area contributed by atoms with Gasteiger partial charge in [0.2, 0.25) is 0 Å². The van der Waals surface area contributed by atoms with E-state index in [1.54, 1.807) is 6.92 Å². The van der Waals surface area contributed by atoms with E-state index in [0.29, 0.717) is 23.3 Å². The van der Waals surface area contributed by atoms with Crippen molar-refractivity contribution in [2.75, 3.05) is 38.2 Å². The molecule has 1 fully saturated rings. The molecule has 3 heterocycles. The van der Waals surface area contributed by atoms with E-state index in [9.17, 15) is 9.18 Å². The maximum atomic E-state index is 14.9. The predicted molar refractivity (Wildman–Crippen MR) is 104 cm³/mol. The molecular weight excluding hydrogens is 462 g/mol. The molecule has 2 aliphatic heterocycles. The largest absolute Gasteiger partial charge is 0.490 e. The average molecular weight is 479 g/mol. The molecule has 1 aromatic carbocycles. The third-order valence-electron chi connectivity index (χ3n) is 4.97. The number of nitrogens with zero attached hydrogens (tertiary/aromatic N) is 4. The van der Waals surface area contributed by atoms with Crippen LogP contribution in [0.3, 0.4) is 0 Å². The summed E-state index contributed by atoms with van der Waals surface area (Å²) in [6, 6.07) is 0.162. The first-order chi connectivity index (χ1) is 11.9. The molecule has 1 aromatic heterocycles. The lowest BCUT2D eigenvalue weighted by atomic mass is 10.0. The Morgan fingerprint density at radius 1 is 1.40 bits per heavy atom. The molecular formula is C16H17ClFIN4O2. The van der Waals surface area contributed by atoms with Crippen LogP contribution in [0.15, 0.2) is 4.79 Å². The highest BCUT2D eigenvalue weighted by atomic mass is 127. The van der Waals surface area contributed by atoms with E-state index in [0.717, 1.165) is 26.1 Å². The van der Waals surface area contributed by atoms with Crippen molar-refractivity contribution < 1.29 is 9.13 Å². The van der Waals surface area contributed by atoms with Crippen molar-refractivity contribution in [2.24, 2.45) is 0 Å². The number of likely N-dealkylation sites (N-methyl/N-ethyl adjacent to an activating group) is 1. The summed E-state index contributed by atoms with van der Waals surface area (Å²) in [5.41, 5.74) is 0.326. The van der Waals surface area contributed by atoms with E-state index in [4.69, 9.17) is 16.3 Å². The zero-order valence-corrected chi connectivity index (χ0v) is 16.8. The van der Waals surface area contributed by atoms with Crippen molar-refractivity contribution in [3.05, 3.63) is 26.9 Å². The van der Waals surface area contributed by atoms with Crippen LogP contribution < -0.4 is 15.3 Å². The minimum Gasteiger partial charge on any atom is -0.490 e. The fraction of sp³-hybridized carbons (Fsp3) is 0.500. The monoisotopic (exact) mass is 478 g/mol. The number of hydrogen-bond acceptors (Lipinski definition) is 5. The molecule has 6 nitrogen and oxygen atoms in total. The number of ether oxygens (including phenoxy) is 1. The van der Waals surface area contributed by atoms with Crippen molar-refractivity contribution in [3.8, 4) is 5.75 Å². The second kappa shape index (κ2) is 6.24. The average Bonchev–Trinajstić information content (AvgIpc) is 2.57. The number of rotatable bonds is 0. The molecule has 0 spiro atoms. The van der Waals surface area contributed by atoms with Crippen LogP contribution in [0, 0.1) is 12.7 Å². The maximum Gasteiger partial charge on any atom is 0.359 e. The Morgan fingerprint density at radius 3 is 2.92 bits per heavy atom. The summed E-state index contributed by atoms with van der Waals surface area (Å²) in [5.74, 6) is 0.131. The van der Waals surface area contributed by atoms with Gasteiger partial charge in [-0.25, -0.2) is 12.0 Å². The van der Waals surface area contributed by atoms with E-state index < -0.39 is 11.5 Å². The number of halogens is 3. The SMILES string of the molecule is Cc1c(F)c2c3c(nc(=O)n(I)c3c1Cl)N1CCN(C)CC1CCO2. The molecule has 0 saturated carbocycles. The van der Waals surface area contributed by atoms with Gasteiger partial charge < -0.3 is 14.5 Å². The molecule has 4 rings (SSSR count). The fourth-order valence-corrected chi connectivity index (χ4v) is 4.62. The van der Waals surface area contributed by atoms with E-state index in [1.807, 2.05) is 22.9 Å². The Hall–Kier alpha value is -1.13. The normalized spacial score (nSPS) is 20.8. The van der Waals surface area contributed by atoms with Gasteiger partial charge in [0.15, 0.2) is 11.6 Å². The topological polar surface area (TPSA) is 50.6 Å². The van der Waals surface area contributed by atoms with Crippen LogP contribution in [0.1, 0.15) is 12.0 Å². The highest BCUT2D eigenvalue weighted by Crippen LogP contribution is 2.43. The standard InChI is InChI=1S/C16H17ClFIN4O2/c1-8-11(17)13-10-14(12(8)18)25-6-3-9-7-21(2)4-5-22(9)15(10)20-16(24)23(13)19/h9H,3-7H2,1-2H3. The van der Waals surface area contributed by atoms with E-state index in [2.05, 4.69) is 21.8 Å². The maximum absolute atomic E-state index is 14.9. The highest BCUT2D eigenvalue weighted by molar-refractivity contribution is 14.1. The molecule has 134 valence electrons. The van der Waals surface area contributed by atoms with Crippen molar-refractivity contribution in [3.63, 3.8) is 0 Å². The third-order valence-corrected chi connectivity index (χ3v) is 6.33. The molecule has 25 heavy (non-hydrogen) atoms. The summed E-state index contributed by atoms with van der Waals surface area (Å²) < 4.78 is 22.0. The van der Waals surface area contributed by atoms with Gasteiger partial charge in [-0.15, -0.1) is 0 Å². The van der Waals surface area contributed by atoms with Gasteiger partial charge >= 0.3 is 5.69 Å². The van der Waals surface area contributed by atoms with Gasteiger partial charge in [-0.3, -0.25) is 0 Å². The summed E-state index contributed by atoms with van der Waals surface area (Å²) in [4.78, 5) is 21.1. The number of aromatic nitrogens is 2. The van der Waals surface area contributed by atoms with Crippen molar-refractivity contribution >= 4 is 51.2 Å². The molecule has 1 unspecified atom stereocenters. The quantitative estimate of drug-likeness (QED) is 0.545. The summed E-state index contributed by atoms with van der Waals surface area (Å²) in [6.45, 7) is 4.42. The van der Waals surface area contributed by atoms with Gasteiger partial charge in [0.1, 0.15) is 5.82 Å². The third kappa shape index (κ3) is 2.60. The Labute approximate surface area is 163 Å². The number of benzene rings is 1. The summed E-state index contributed by atoms with van der Waals surface area (Å²) in [5, 5.41) is 0.706. The zero-order chi connectivity index (χ0) is 17.9. The van der Waals surface area contributed by atoms with E-state index in [1.165, 1.54) is 2.78 Å². The van der Waals surface area contributed by atoms with Gasteiger partial charge in [-0.1, -0.05) is 11.6 Å². The minimum atomic E-state index is -0.483. The summed E-state index contributed by atoms with van der Waals surface area (Å²) in [6.07, 6.45) is 0.737. The number of hydrogen-bond donors (Lipinski definition) is 0. The van der Waals surface area contributed by atoms with Crippen LogP contribution in [0.25, 0.3) is 10.9 Å². The predicted octanol–water partition coefficient (Wildman–Crippen LogP) is 2.60. The van der Waals surface area contributed by atoms with E-state index >= 15 is 0 Å². The van der Waals surface area contributed by atoms with Crippen LogP contribution >= 0.6 is 34.5 Å². The second-order valence-electron chi connectivity index (χ2n) is 6.55. The van der Waals surface area contributed by atoms with Crippen molar-refractivity contribution in [1.82, 2.24) is 12.7 Å². The molecule has 0 N–H and O–H groups in total. The molecule has 0 amide bonds. The lowest BCUT2D eigenvalue weighted by molar-refractivity contribution is 0.222. The lowest BCUT2D eigenvalue weighted by Gasteiger charge is -2.42. The van der Waals surface area contributed by atoms with Gasteiger partial charge in [0.25, 0.3) is 0 Å². The minimum absolute atomic E-state index is 0.141. The number of anilines is 1. The van der Waals surface area contributed by atoms with Gasteiger partial charge in [-0.05, 0) is 14.0 Å². The summed E-state index contributed by atoms with van der Waals surface area (Å²) in [7, 11) is 2.07. The Kier molecular flexibility index (Phi) is 4.32. The fourth-order valence-electron chi connectivity index (χ4n) is 3.63. The molecule has 9 heteroatoms. The number of fused-ring (bicyclic) bond motifs is 2. The second-order valence-corrected chi connectivity index (χ2v) is 7.89. The molecule has 0 aliphatic carbocycles. The van der Waals surface area contributed by atoms with E-state index in [-0.39, 0.29) is 22.4 Å². The van der Waals surface area contributed by atoms with Crippen LogP contribution in [0.4, 0.5) is 10.2 Å². The lowest BCUT2D eigenvalue weighted by Crippen LogP contribution is -2.53. The van der Waals surface area contributed by atoms with Crippen molar-refractivity contribution in [2.45, 2.75) is 19.4 Å². The van der Waals surface area contributed by atoms with Crippen LogP contribution in [-0.2, 0) is 0 Å².